The molecule has 3 rings (SSSR count). The average Bonchev–Trinajstić information content (AvgIpc) is 3.06. The Hall–Kier alpha value is -1.68. The Balaban J connectivity index is 1.92. The van der Waals surface area contributed by atoms with Crippen LogP contribution in [0, 0.1) is 0 Å². The van der Waals surface area contributed by atoms with Crippen molar-refractivity contribution in [1.82, 2.24) is 15.5 Å². The van der Waals surface area contributed by atoms with Crippen LogP contribution < -0.4 is 5.32 Å². The average molecular weight is 229 g/mol. The summed E-state index contributed by atoms with van der Waals surface area (Å²) in [6.45, 7) is 0.647. The van der Waals surface area contributed by atoms with E-state index in [0.717, 1.165) is 24.6 Å². The number of benzene rings is 1. The summed E-state index contributed by atoms with van der Waals surface area (Å²) in [5.41, 5.74) is 1.26. The molecule has 2 aromatic rings. The molecule has 1 aliphatic carbocycles. The summed E-state index contributed by atoms with van der Waals surface area (Å²) in [5.74, 6) is 1.48. The summed E-state index contributed by atoms with van der Waals surface area (Å²) in [5, 5.41) is 7.01. The third-order valence-electron chi connectivity index (χ3n) is 3.29. The van der Waals surface area contributed by atoms with Crippen molar-refractivity contribution in [3.05, 3.63) is 47.6 Å². The summed E-state index contributed by atoms with van der Waals surface area (Å²) in [6, 6.07) is 10.4. The molecule has 17 heavy (non-hydrogen) atoms. The highest BCUT2D eigenvalue weighted by Gasteiger charge is 2.50. The molecule has 0 amide bonds. The van der Waals surface area contributed by atoms with Gasteiger partial charge in [-0.2, -0.15) is 4.98 Å². The Kier molecular flexibility index (Phi) is 2.44. The van der Waals surface area contributed by atoms with Crippen molar-refractivity contribution < 1.29 is 4.52 Å². The fourth-order valence-electron chi connectivity index (χ4n) is 2.19. The van der Waals surface area contributed by atoms with Gasteiger partial charge in [0, 0.05) is 0 Å². The van der Waals surface area contributed by atoms with Crippen LogP contribution in [0.3, 0.4) is 0 Å². The lowest BCUT2D eigenvalue weighted by molar-refractivity contribution is 0.355. The van der Waals surface area contributed by atoms with E-state index >= 15 is 0 Å². The lowest BCUT2D eigenvalue weighted by atomic mass is 9.96. The van der Waals surface area contributed by atoms with Gasteiger partial charge in [0.2, 0.25) is 5.89 Å². The number of aromatic nitrogens is 2. The highest BCUT2D eigenvalue weighted by atomic mass is 16.5. The third kappa shape index (κ3) is 1.74. The first-order valence-electron chi connectivity index (χ1n) is 5.88. The lowest BCUT2D eigenvalue weighted by Gasteiger charge is -2.09. The van der Waals surface area contributed by atoms with Gasteiger partial charge in [-0.25, -0.2) is 0 Å². The molecule has 0 atom stereocenters. The van der Waals surface area contributed by atoms with Crippen molar-refractivity contribution in [3.63, 3.8) is 0 Å². The molecule has 0 bridgehead atoms. The van der Waals surface area contributed by atoms with E-state index in [1.807, 2.05) is 13.1 Å². The molecule has 0 spiro atoms. The lowest BCUT2D eigenvalue weighted by Crippen LogP contribution is -2.10. The molecular weight excluding hydrogens is 214 g/mol. The molecule has 1 fully saturated rings. The maximum atomic E-state index is 5.40. The van der Waals surface area contributed by atoms with Crippen molar-refractivity contribution in [3.8, 4) is 0 Å². The van der Waals surface area contributed by atoms with Crippen molar-refractivity contribution in [1.29, 1.82) is 0 Å². The Bertz CT molecular complexity index is 502. The summed E-state index contributed by atoms with van der Waals surface area (Å²) >= 11 is 0. The first-order chi connectivity index (χ1) is 8.35. The van der Waals surface area contributed by atoms with Crippen LogP contribution >= 0.6 is 0 Å². The zero-order valence-electron chi connectivity index (χ0n) is 9.81. The fraction of sp³-hybridized carbons (Fsp3) is 0.385. The molecule has 88 valence electrons. The molecule has 1 aliphatic rings. The molecule has 1 N–H and O–H groups in total. The van der Waals surface area contributed by atoms with E-state index in [4.69, 9.17) is 4.52 Å². The van der Waals surface area contributed by atoms with E-state index in [2.05, 4.69) is 39.7 Å². The van der Waals surface area contributed by atoms with Gasteiger partial charge in [-0.3, -0.25) is 0 Å². The van der Waals surface area contributed by atoms with Gasteiger partial charge in [-0.05, 0) is 25.5 Å². The van der Waals surface area contributed by atoms with Crippen LogP contribution in [0.4, 0.5) is 0 Å². The Morgan fingerprint density at radius 1 is 1.29 bits per heavy atom. The van der Waals surface area contributed by atoms with Crippen LogP contribution in [0.5, 0.6) is 0 Å². The van der Waals surface area contributed by atoms with Gasteiger partial charge in [0.25, 0.3) is 0 Å². The van der Waals surface area contributed by atoms with E-state index in [0.29, 0.717) is 6.54 Å². The third-order valence-corrected chi connectivity index (χ3v) is 3.29. The monoisotopic (exact) mass is 229 g/mol. The summed E-state index contributed by atoms with van der Waals surface area (Å²) in [6.07, 6.45) is 2.19. The van der Waals surface area contributed by atoms with Gasteiger partial charge in [0.15, 0.2) is 5.82 Å². The quantitative estimate of drug-likeness (QED) is 0.869. The zero-order chi connectivity index (χ0) is 11.7. The highest BCUT2D eigenvalue weighted by Crippen LogP contribution is 2.52. The predicted octanol–water partition coefficient (Wildman–Crippen LogP) is 1.87. The first-order valence-corrected chi connectivity index (χ1v) is 5.88. The second kappa shape index (κ2) is 3.96. The van der Waals surface area contributed by atoms with Gasteiger partial charge in [0.05, 0.1) is 12.0 Å². The maximum absolute atomic E-state index is 5.40. The van der Waals surface area contributed by atoms with Crippen LogP contribution in [0.25, 0.3) is 0 Å². The fourth-order valence-corrected chi connectivity index (χ4v) is 2.19. The van der Waals surface area contributed by atoms with Crippen molar-refractivity contribution in [2.45, 2.75) is 24.8 Å². The number of nitrogens with one attached hydrogen (secondary N) is 1. The molecule has 1 heterocycles. The van der Waals surface area contributed by atoms with Crippen LogP contribution in [0.2, 0.25) is 0 Å². The molecule has 0 aliphatic heterocycles. The van der Waals surface area contributed by atoms with Crippen molar-refractivity contribution in [2.24, 2.45) is 0 Å². The van der Waals surface area contributed by atoms with Crippen molar-refractivity contribution in [2.75, 3.05) is 7.05 Å². The predicted molar refractivity (Wildman–Crippen MR) is 63.5 cm³/mol. The molecule has 4 nitrogen and oxygen atoms in total. The first kappa shape index (κ1) is 10.5. The molecule has 0 saturated heterocycles. The largest absolute Gasteiger partial charge is 0.338 e. The van der Waals surface area contributed by atoms with Crippen LogP contribution in [0.1, 0.15) is 30.1 Å². The molecule has 0 radical (unpaired) electrons. The second-order valence-corrected chi connectivity index (χ2v) is 4.49. The minimum Gasteiger partial charge on any atom is -0.338 e. The van der Waals surface area contributed by atoms with E-state index in [1.165, 1.54) is 5.56 Å². The minimum atomic E-state index is -0.0136. The smallest absolute Gasteiger partial charge is 0.237 e. The van der Waals surface area contributed by atoms with E-state index < -0.39 is 0 Å². The molecule has 1 saturated carbocycles. The van der Waals surface area contributed by atoms with Gasteiger partial charge >= 0.3 is 0 Å². The summed E-state index contributed by atoms with van der Waals surface area (Å²) < 4.78 is 5.40. The Morgan fingerprint density at radius 2 is 2.06 bits per heavy atom. The standard InChI is InChI=1S/C13H15N3O/c1-14-9-11-15-12(17-16-11)13(7-8-13)10-5-3-2-4-6-10/h2-6,14H,7-9H2,1H3. The minimum absolute atomic E-state index is 0.0136. The van der Waals surface area contributed by atoms with Crippen molar-refractivity contribution >= 4 is 0 Å². The number of rotatable bonds is 4. The van der Waals surface area contributed by atoms with Crippen LogP contribution in [0.15, 0.2) is 34.9 Å². The van der Waals surface area contributed by atoms with Gasteiger partial charge in [0.1, 0.15) is 0 Å². The molecular formula is C13H15N3O. The van der Waals surface area contributed by atoms with E-state index in [-0.39, 0.29) is 5.41 Å². The molecule has 0 unspecified atom stereocenters. The Labute approximate surface area is 100 Å². The SMILES string of the molecule is CNCc1noc(C2(c3ccccc3)CC2)n1. The van der Waals surface area contributed by atoms with Gasteiger partial charge in [-0.1, -0.05) is 35.5 Å². The molecule has 4 heteroatoms. The van der Waals surface area contributed by atoms with E-state index in [9.17, 15) is 0 Å². The van der Waals surface area contributed by atoms with Crippen LogP contribution in [-0.2, 0) is 12.0 Å². The molecule has 1 aromatic heterocycles. The second-order valence-electron chi connectivity index (χ2n) is 4.49. The maximum Gasteiger partial charge on any atom is 0.237 e. The zero-order valence-corrected chi connectivity index (χ0v) is 9.81. The normalized spacial score (nSPS) is 17.0. The molecule has 1 aromatic carbocycles. The number of hydrogen-bond donors (Lipinski definition) is 1. The number of hydrogen-bond acceptors (Lipinski definition) is 4. The van der Waals surface area contributed by atoms with Crippen LogP contribution in [-0.4, -0.2) is 17.2 Å². The summed E-state index contributed by atoms with van der Waals surface area (Å²) in [7, 11) is 1.88. The van der Waals surface area contributed by atoms with Gasteiger partial charge < -0.3 is 9.84 Å². The van der Waals surface area contributed by atoms with E-state index in [1.54, 1.807) is 0 Å². The number of nitrogens with zero attached hydrogens (tertiary/aromatic N) is 2. The highest BCUT2D eigenvalue weighted by molar-refractivity contribution is 5.37. The topological polar surface area (TPSA) is 51.0 Å². The summed E-state index contributed by atoms with van der Waals surface area (Å²) in [4.78, 5) is 4.47. The van der Waals surface area contributed by atoms with Gasteiger partial charge in [-0.15, -0.1) is 0 Å². The Morgan fingerprint density at radius 3 is 2.71 bits per heavy atom.